The van der Waals surface area contributed by atoms with Crippen LogP contribution in [0, 0.1) is 13.8 Å². The third-order valence-electron chi connectivity index (χ3n) is 3.95. The van der Waals surface area contributed by atoms with E-state index in [4.69, 9.17) is 0 Å². The largest absolute Gasteiger partial charge is 0.387 e. The van der Waals surface area contributed by atoms with E-state index in [0.29, 0.717) is 11.3 Å². The molecule has 0 saturated heterocycles. The molecule has 0 saturated carbocycles. The number of carbonyl (C=O) groups is 1. The maximum absolute atomic E-state index is 12.3. The van der Waals surface area contributed by atoms with E-state index in [1.165, 1.54) is 0 Å². The number of aliphatic hydroxyl groups is 1. The summed E-state index contributed by atoms with van der Waals surface area (Å²) < 4.78 is 1.73. The maximum atomic E-state index is 12.3. The van der Waals surface area contributed by atoms with Crippen LogP contribution in [0.15, 0.2) is 54.9 Å². The normalized spacial score (nSPS) is 12.0. The number of hydrogen-bond donors (Lipinski definition) is 2. The molecular weight excluding hydrogens is 316 g/mol. The topological polar surface area (TPSA) is 80.0 Å². The molecule has 0 aliphatic heterocycles. The van der Waals surface area contributed by atoms with Crippen molar-refractivity contribution in [2.45, 2.75) is 20.0 Å². The summed E-state index contributed by atoms with van der Waals surface area (Å²) in [5.41, 5.74) is 3.95. The first-order valence-corrected chi connectivity index (χ1v) is 8.04. The van der Waals surface area contributed by atoms with Gasteiger partial charge in [-0.2, -0.15) is 5.10 Å². The molecule has 0 fully saturated rings. The fourth-order valence-electron chi connectivity index (χ4n) is 2.52. The molecule has 0 aliphatic carbocycles. The van der Waals surface area contributed by atoms with Crippen LogP contribution in [0.1, 0.15) is 33.4 Å². The summed E-state index contributed by atoms with van der Waals surface area (Å²) in [5.74, 6) is -0.318. The van der Waals surface area contributed by atoms with Crippen molar-refractivity contribution in [1.82, 2.24) is 20.1 Å². The molecule has 6 heteroatoms. The van der Waals surface area contributed by atoms with Gasteiger partial charge in [-0.1, -0.05) is 17.7 Å². The first kappa shape index (κ1) is 16.9. The highest BCUT2D eigenvalue weighted by atomic mass is 16.3. The van der Waals surface area contributed by atoms with Gasteiger partial charge in [0.15, 0.2) is 5.69 Å². The van der Waals surface area contributed by atoms with E-state index < -0.39 is 6.10 Å². The molecule has 0 spiro atoms. The summed E-state index contributed by atoms with van der Waals surface area (Å²) in [6.07, 6.45) is 2.42. The molecule has 1 unspecified atom stereocenters. The zero-order valence-electron chi connectivity index (χ0n) is 14.2. The average Bonchev–Trinajstić information content (AvgIpc) is 3.02. The van der Waals surface area contributed by atoms with E-state index in [1.54, 1.807) is 35.3 Å². The summed E-state index contributed by atoms with van der Waals surface area (Å²) >= 11 is 0. The first-order valence-electron chi connectivity index (χ1n) is 8.04. The number of nitrogens with zero attached hydrogens (tertiary/aromatic N) is 3. The van der Waals surface area contributed by atoms with E-state index in [-0.39, 0.29) is 12.5 Å². The number of rotatable bonds is 5. The number of aromatic nitrogens is 3. The third-order valence-corrected chi connectivity index (χ3v) is 3.95. The Kier molecular flexibility index (Phi) is 4.90. The number of aryl methyl sites for hydroxylation is 2. The van der Waals surface area contributed by atoms with Gasteiger partial charge in [0.25, 0.3) is 5.91 Å². The monoisotopic (exact) mass is 336 g/mol. The smallest absolute Gasteiger partial charge is 0.271 e. The number of hydrogen-bond acceptors (Lipinski definition) is 4. The molecule has 0 aliphatic rings. The molecule has 1 amide bonds. The van der Waals surface area contributed by atoms with Gasteiger partial charge in [-0.3, -0.25) is 9.78 Å². The van der Waals surface area contributed by atoms with Crippen molar-refractivity contribution in [1.29, 1.82) is 0 Å². The van der Waals surface area contributed by atoms with E-state index in [9.17, 15) is 9.90 Å². The highest BCUT2D eigenvalue weighted by Crippen LogP contribution is 2.14. The number of pyridine rings is 1. The van der Waals surface area contributed by atoms with Crippen LogP contribution in [-0.2, 0) is 0 Å². The lowest BCUT2D eigenvalue weighted by Gasteiger charge is -2.11. The Bertz CT molecular complexity index is 857. The predicted molar refractivity (Wildman–Crippen MR) is 94.6 cm³/mol. The van der Waals surface area contributed by atoms with Crippen molar-refractivity contribution >= 4 is 5.91 Å². The standard InChI is InChI=1S/C19H20N4O2/c1-13-3-5-16(6-4-13)23-14(2)11-17(22-23)19(25)21-12-18(24)15-7-9-20-10-8-15/h3-11,18,24H,12H2,1-2H3,(H,21,25). The average molecular weight is 336 g/mol. The number of benzene rings is 1. The minimum Gasteiger partial charge on any atom is -0.387 e. The molecule has 2 N–H and O–H groups in total. The first-order chi connectivity index (χ1) is 12.0. The van der Waals surface area contributed by atoms with Crippen LogP contribution in [0.25, 0.3) is 5.69 Å². The van der Waals surface area contributed by atoms with Gasteiger partial charge in [0.05, 0.1) is 11.8 Å². The highest BCUT2D eigenvalue weighted by Gasteiger charge is 2.15. The molecule has 25 heavy (non-hydrogen) atoms. The Morgan fingerprint density at radius 3 is 2.52 bits per heavy atom. The third kappa shape index (κ3) is 3.92. The predicted octanol–water partition coefficient (Wildman–Crippen LogP) is 2.35. The van der Waals surface area contributed by atoms with Gasteiger partial charge < -0.3 is 10.4 Å². The number of carbonyl (C=O) groups excluding carboxylic acids is 1. The highest BCUT2D eigenvalue weighted by molar-refractivity contribution is 5.92. The van der Waals surface area contributed by atoms with Gasteiger partial charge >= 0.3 is 0 Å². The van der Waals surface area contributed by atoms with Crippen LogP contribution in [0.5, 0.6) is 0 Å². The number of amides is 1. The Morgan fingerprint density at radius 2 is 1.84 bits per heavy atom. The van der Waals surface area contributed by atoms with Gasteiger partial charge in [-0.05, 0) is 49.7 Å². The van der Waals surface area contributed by atoms with Gasteiger partial charge in [0, 0.05) is 24.6 Å². The lowest BCUT2D eigenvalue weighted by atomic mass is 10.1. The fourth-order valence-corrected chi connectivity index (χ4v) is 2.52. The van der Waals surface area contributed by atoms with Crippen LogP contribution in [-0.4, -0.2) is 32.3 Å². The zero-order chi connectivity index (χ0) is 17.8. The molecular formula is C19H20N4O2. The quantitative estimate of drug-likeness (QED) is 0.749. The molecule has 2 heterocycles. The van der Waals surface area contributed by atoms with E-state index in [2.05, 4.69) is 15.4 Å². The minimum absolute atomic E-state index is 0.110. The van der Waals surface area contributed by atoms with Gasteiger partial charge in [-0.25, -0.2) is 4.68 Å². The Balaban J connectivity index is 1.69. The second-order valence-corrected chi connectivity index (χ2v) is 5.92. The second-order valence-electron chi connectivity index (χ2n) is 5.92. The molecule has 3 rings (SSSR count). The van der Waals surface area contributed by atoms with Gasteiger partial charge in [0.1, 0.15) is 0 Å². The molecule has 0 radical (unpaired) electrons. The maximum Gasteiger partial charge on any atom is 0.271 e. The Hall–Kier alpha value is -2.99. The number of aliphatic hydroxyl groups excluding tert-OH is 1. The fraction of sp³-hybridized carbons (Fsp3) is 0.211. The summed E-state index contributed by atoms with van der Waals surface area (Å²) in [4.78, 5) is 16.2. The molecule has 2 aromatic heterocycles. The van der Waals surface area contributed by atoms with Crippen LogP contribution < -0.4 is 5.32 Å². The SMILES string of the molecule is Cc1ccc(-n2nc(C(=O)NCC(O)c3ccncc3)cc2C)cc1. The Morgan fingerprint density at radius 1 is 1.16 bits per heavy atom. The van der Waals surface area contributed by atoms with Crippen molar-refractivity contribution in [2.75, 3.05) is 6.54 Å². The van der Waals surface area contributed by atoms with Crippen LogP contribution in [0.2, 0.25) is 0 Å². The van der Waals surface area contributed by atoms with E-state index in [0.717, 1.165) is 16.9 Å². The summed E-state index contributed by atoms with van der Waals surface area (Å²) in [7, 11) is 0. The summed E-state index contributed by atoms with van der Waals surface area (Å²) in [6.45, 7) is 4.03. The van der Waals surface area contributed by atoms with Crippen LogP contribution >= 0.6 is 0 Å². The lowest BCUT2D eigenvalue weighted by Crippen LogP contribution is -2.28. The molecule has 3 aromatic rings. The molecule has 6 nitrogen and oxygen atoms in total. The second kappa shape index (κ2) is 7.27. The summed E-state index contributed by atoms with van der Waals surface area (Å²) in [6, 6.07) is 13.1. The number of nitrogens with one attached hydrogen (secondary N) is 1. The molecule has 1 aromatic carbocycles. The van der Waals surface area contributed by atoms with Crippen LogP contribution in [0.3, 0.4) is 0 Å². The molecule has 0 bridgehead atoms. The lowest BCUT2D eigenvalue weighted by molar-refractivity contribution is 0.0911. The van der Waals surface area contributed by atoms with Crippen molar-refractivity contribution in [3.63, 3.8) is 0 Å². The Labute approximate surface area is 146 Å². The molecule has 128 valence electrons. The van der Waals surface area contributed by atoms with Crippen LogP contribution in [0.4, 0.5) is 0 Å². The summed E-state index contributed by atoms with van der Waals surface area (Å²) in [5, 5.41) is 17.2. The van der Waals surface area contributed by atoms with Gasteiger partial charge in [-0.15, -0.1) is 0 Å². The minimum atomic E-state index is -0.785. The van der Waals surface area contributed by atoms with Crippen molar-refractivity contribution in [3.05, 3.63) is 77.4 Å². The molecule has 1 atom stereocenters. The van der Waals surface area contributed by atoms with Crippen molar-refractivity contribution < 1.29 is 9.90 Å². The van der Waals surface area contributed by atoms with Crippen molar-refractivity contribution in [3.8, 4) is 5.69 Å². The van der Waals surface area contributed by atoms with E-state index >= 15 is 0 Å². The van der Waals surface area contributed by atoms with E-state index in [1.807, 2.05) is 38.1 Å². The van der Waals surface area contributed by atoms with Crippen molar-refractivity contribution in [2.24, 2.45) is 0 Å². The van der Waals surface area contributed by atoms with Gasteiger partial charge in [0.2, 0.25) is 0 Å². The zero-order valence-corrected chi connectivity index (χ0v) is 14.2.